The van der Waals surface area contributed by atoms with Gasteiger partial charge in [-0.15, -0.1) is 0 Å². The Morgan fingerprint density at radius 2 is 1.97 bits per heavy atom. The SMILES string of the molecule is CCCN(CCc1ccccn1)C(=O)NCc1cccc(NC(=O)c2ccco2)c1. The first-order valence-electron chi connectivity index (χ1n) is 10.0. The number of hydrogen-bond acceptors (Lipinski definition) is 4. The summed E-state index contributed by atoms with van der Waals surface area (Å²) in [6, 6.07) is 16.3. The minimum atomic E-state index is -0.315. The quantitative estimate of drug-likeness (QED) is 0.560. The number of nitrogens with zero attached hydrogens (tertiary/aromatic N) is 2. The first-order chi connectivity index (χ1) is 14.7. The van der Waals surface area contributed by atoms with Crippen molar-refractivity contribution in [3.63, 3.8) is 0 Å². The maximum atomic E-state index is 12.7. The van der Waals surface area contributed by atoms with Gasteiger partial charge in [0.05, 0.1) is 6.26 Å². The smallest absolute Gasteiger partial charge is 0.317 e. The molecule has 3 aromatic rings. The van der Waals surface area contributed by atoms with Gasteiger partial charge in [-0.25, -0.2) is 4.79 Å². The number of carbonyl (C=O) groups is 2. The van der Waals surface area contributed by atoms with E-state index in [9.17, 15) is 9.59 Å². The normalized spacial score (nSPS) is 10.4. The lowest BCUT2D eigenvalue weighted by atomic mass is 10.2. The van der Waals surface area contributed by atoms with E-state index in [1.54, 1.807) is 29.3 Å². The van der Waals surface area contributed by atoms with E-state index in [1.807, 2.05) is 43.3 Å². The summed E-state index contributed by atoms with van der Waals surface area (Å²) in [5.41, 5.74) is 2.50. The molecule has 3 amide bonds. The number of pyridine rings is 1. The molecule has 0 atom stereocenters. The second-order valence-electron chi connectivity index (χ2n) is 6.85. The van der Waals surface area contributed by atoms with Crippen LogP contribution in [0.25, 0.3) is 0 Å². The van der Waals surface area contributed by atoms with Crippen molar-refractivity contribution in [1.82, 2.24) is 15.2 Å². The number of benzene rings is 1. The largest absolute Gasteiger partial charge is 0.459 e. The first-order valence-corrected chi connectivity index (χ1v) is 10.0. The van der Waals surface area contributed by atoms with Crippen LogP contribution in [-0.4, -0.2) is 34.9 Å². The molecule has 2 N–H and O–H groups in total. The Balaban J connectivity index is 1.53. The molecule has 0 saturated carbocycles. The molecule has 7 nitrogen and oxygen atoms in total. The summed E-state index contributed by atoms with van der Waals surface area (Å²) in [5, 5.41) is 5.75. The molecule has 2 heterocycles. The van der Waals surface area contributed by atoms with Crippen molar-refractivity contribution in [3.05, 3.63) is 84.1 Å². The molecule has 0 radical (unpaired) electrons. The molecule has 30 heavy (non-hydrogen) atoms. The standard InChI is InChI=1S/C23H26N4O3/c1-2-13-27(14-11-19-8-3-4-12-24-19)23(29)25-17-18-7-5-9-20(16-18)26-22(28)21-10-6-15-30-21/h3-10,12,15-16H,2,11,13-14,17H2,1H3,(H,25,29)(H,26,28). The van der Waals surface area contributed by atoms with E-state index in [0.29, 0.717) is 31.7 Å². The van der Waals surface area contributed by atoms with Crippen LogP contribution in [0.3, 0.4) is 0 Å². The van der Waals surface area contributed by atoms with Crippen molar-refractivity contribution < 1.29 is 14.0 Å². The van der Waals surface area contributed by atoms with Gasteiger partial charge in [-0.05, 0) is 48.4 Å². The summed E-state index contributed by atoms with van der Waals surface area (Å²) in [6.07, 6.45) is 4.81. The second-order valence-corrected chi connectivity index (χ2v) is 6.85. The monoisotopic (exact) mass is 406 g/mol. The minimum absolute atomic E-state index is 0.113. The van der Waals surface area contributed by atoms with Crippen LogP contribution in [0.1, 0.15) is 35.2 Å². The third-order valence-electron chi connectivity index (χ3n) is 4.52. The zero-order chi connectivity index (χ0) is 21.2. The van der Waals surface area contributed by atoms with Gasteiger partial charge in [0.25, 0.3) is 5.91 Å². The summed E-state index contributed by atoms with van der Waals surface area (Å²) in [6.45, 7) is 3.70. The van der Waals surface area contributed by atoms with Gasteiger partial charge in [0.2, 0.25) is 0 Å². The van der Waals surface area contributed by atoms with Gasteiger partial charge in [0.15, 0.2) is 5.76 Å². The lowest BCUT2D eigenvalue weighted by Gasteiger charge is -2.22. The van der Waals surface area contributed by atoms with Crippen LogP contribution in [-0.2, 0) is 13.0 Å². The van der Waals surface area contributed by atoms with Crippen LogP contribution in [0.5, 0.6) is 0 Å². The van der Waals surface area contributed by atoms with Gasteiger partial charge in [0.1, 0.15) is 0 Å². The molecule has 0 bridgehead atoms. The molecule has 2 aromatic heterocycles. The number of aromatic nitrogens is 1. The molecule has 0 aliphatic carbocycles. The molecule has 3 rings (SSSR count). The van der Waals surface area contributed by atoms with E-state index >= 15 is 0 Å². The summed E-state index contributed by atoms with van der Waals surface area (Å²) < 4.78 is 5.10. The van der Waals surface area contributed by atoms with Crippen LogP contribution in [0.15, 0.2) is 71.5 Å². The van der Waals surface area contributed by atoms with Crippen molar-refractivity contribution in [3.8, 4) is 0 Å². The van der Waals surface area contributed by atoms with Crippen LogP contribution in [0, 0.1) is 0 Å². The number of anilines is 1. The third-order valence-corrected chi connectivity index (χ3v) is 4.52. The number of rotatable bonds is 9. The Kier molecular flexibility index (Phi) is 7.60. The Morgan fingerprint density at radius 1 is 1.07 bits per heavy atom. The lowest BCUT2D eigenvalue weighted by Crippen LogP contribution is -2.41. The number of amides is 3. The fourth-order valence-electron chi connectivity index (χ4n) is 3.03. The van der Waals surface area contributed by atoms with E-state index in [4.69, 9.17) is 4.42 Å². The number of furan rings is 1. The van der Waals surface area contributed by atoms with E-state index < -0.39 is 0 Å². The minimum Gasteiger partial charge on any atom is -0.459 e. The van der Waals surface area contributed by atoms with Crippen LogP contribution in [0.4, 0.5) is 10.5 Å². The fraction of sp³-hybridized carbons (Fsp3) is 0.261. The van der Waals surface area contributed by atoms with E-state index in [-0.39, 0.29) is 17.7 Å². The number of hydrogen-bond donors (Lipinski definition) is 2. The maximum absolute atomic E-state index is 12.7. The highest BCUT2D eigenvalue weighted by Crippen LogP contribution is 2.13. The van der Waals surface area contributed by atoms with Gasteiger partial charge >= 0.3 is 6.03 Å². The molecule has 0 aliphatic heterocycles. The molecule has 0 aliphatic rings. The van der Waals surface area contributed by atoms with Crippen molar-refractivity contribution in [2.45, 2.75) is 26.3 Å². The molecule has 0 fully saturated rings. The van der Waals surface area contributed by atoms with Crippen LogP contribution >= 0.6 is 0 Å². The van der Waals surface area contributed by atoms with Crippen LogP contribution < -0.4 is 10.6 Å². The molecule has 1 aromatic carbocycles. The first kappa shape index (κ1) is 21.1. The van der Waals surface area contributed by atoms with Gasteiger partial charge in [-0.2, -0.15) is 0 Å². The summed E-state index contributed by atoms with van der Waals surface area (Å²) in [4.78, 5) is 30.9. The van der Waals surface area contributed by atoms with Crippen LogP contribution in [0.2, 0.25) is 0 Å². The van der Waals surface area contributed by atoms with Gasteiger partial charge in [-0.3, -0.25) is 9.78 Å². The number of urea groups is 1. The summed E-state index contributed by atoms with van der Waals surface area (Å²) in [5.74, 6) is -0.0679. The predicted molar refractivity (Wildman–Crippen MR) is 115 cm³/mol. The number of carbonyl (C=O) groups excluding carboxylic acids is 2. The van der Waals surface area contributed by atoms with Gasteiger partial charge < -0.3 is 20.0 Å². The highest BCUT2D eigenvalue weighted by molar-refractivity contribution is 6.02. The molecular formula is C23H26N4O3. The molecule has 7 heteroatoms. The summed E-state index contributed by atoms with van der Waals surface area (Å²) in [7, 11) is 0. The maximum Gasteiger partial charge on any atom is 0.317 e. The van der Waals surface area contributed by atoms with E-state index in [0.717, 1.165) is 17.7 Å². The molecular weight excluding hydrogens is 380 g/mol. The second kappa shape index (κ2) is 10.8. The third kappa shape index (κ3) is 6.20. The van der Waals surface area contributed by atoms with Crippen molar-refractivity contribution >= 4 is 17.6 Å². The average Bonchev–Trinajstić information content (AvgIpc) is 3.31. The molecule has 0 spiro atoms. The van der Waals surface area contributed by atoms with Crippen molar-refractivity contribution in [2.24, 2.45) is 0 Å². The zero-order valence-electron chi connectivity index (χ0n) is 17.0. The Labute approximate surface area is 176 Å². The molecule has 0 unspecified atom stereocenters. The Bertz CT molecular complexity index is 942. The van der Waals surface area contributed by atoms with Crippen molar-refractivity contribution in [1.29, 1.82) is 0 Å². The molecule has 0 saturated heterocycles. The van der Waals surface area contributed by atoms with Gasteiger partial charge in [0, 0.05) is 43.6 Å². The zero-order valence-corrected chi connectivity index (χ0v) is 17.0. The van der Waals surface area contributed by atoms with E-state index in [1.165, 1.54) is 6.26 Å². The topological polar surface area (TPSA) is 87.5 Å². The Hall–Kier alpha value is -3.61. The fourth-order valence-corrected chi connectivity index (χ4v) is 3.03. The highest BCUT2D eigenvalue weighted by Gasteiger charge is 2.13. The molecule has 156 valence electrons. The van der Waals surface area contributed by atoms with Gasteiger partial charge in [-0.1, -0.05) is 25.1 Å². The Morgan fingerprint density at radius 3 is 2.70 bits per heavy atom. The average molecular weight is 406 g/mol. The summed E-state index contributed by atoms with van der Waals surface area (Å²) >= 11 is 0. The predicted octanol–water partition coefficient (Wildman–Crippen LogP) is 4.09. The number of nitrogens with one attached hydrogen (secondary N) is 2. The van der Waals surface area contributed by atoms with E-state index in [2.05, 4.69) is 15.6 Å². The van der Waals surface area contributed by atoms with Crippen molar-refractivity contribution in [2.75, 3.05) is 18.4 Å². The lowest BCUT2D eigenvalue weighted by molar-refractivity contribution is 0.0996. The highest BCUT2D eigenvalue weighted by atomic mass is 16.3.